The van der Waals surface area contributed by atoms with Crippen molar-refractivity contribution in [2.45, 2.75) is 39.2 Å². The summed E-state index contributed by atoms with van der Waals surface area (Å²) in [6.07, 6.45) is 1.68. The maximum atomic E-state index is 12.4. The van der Waals surface area contributed by atoms with Crippen LogP contribution in [0.5, 0.6) is 0 Å². The van der Waals surface area contributed by atoms with Gasteiger partial charge in [-0.2, -0.15) is 0 Å². The van der Waals surface area contributed by atoms with Gasteiger partial charge in [0.1, 0.15) is 5.60 Å². The van der Waals surface area contributed by atoms with Gasteiger partial charge in [-0.3, -0.25) is 9.69 Å². The third kappa shape index (κ3) is 7.49. The molecule has 8 heteroatoms. The van der Waals surface area contributed by atoms with E-state index in [2.05, 4.69) is 10.2 Å². The van der Waals surface area contributed by atoms with Crippen LogP contribution in [-0.2, 0) is 9.53 Å². The zero-order chi connectivity index (χ0) is 20.9. The van der Waals surface area contributed by atoms with Crippen LogP contribution in [0.1, 0.15) is 33.6 Å². The van der Waals surface area contributed by atoms with Crippen molar-refractivity contribution in [1.29, 1.82) is 0 Å². The topological polar surface area (TPSA) is 61.9 Å². The second-order valence-electron chi connectivity index (χ2n) is 8.28. The lowest BCUT2D eigenvalue weighted by Gasteiger charge is -2.34. The van der Waals surface area contributed by atoms with E-state index in [9.17, 15) is 9.59 Å². The van der Waals surface area contributed by atoms with E-state index in [4.69, 9.17) is 27.9 Å². The van der Waals surface area contributed by atoms with Crippen LogP contribution in [0.15, 0.2) is 18.2 Å². The third-order valence-electron chi connectivity index (χ3n) is 4.41. The summed E-state index contributed by atoms with van der Waals surface area (Å²) < 4.78 is 5.41. The van der Waals surface area contributed by atoms with Crippen molar-refractivity contribution in [2.75, 3.05) is 38.5 Å². The lowest BCUT2D eigenvalue weighted by Crippen LogP contribution is -2.45. The zero-order valence-electron chi connectivity index (χ0n) is 16.9. The number of carbonyl (C=O) groups excluding carboxylic acids is 2. The number of rotatable bonds is 5. The Kier molecular flexibility index (Phi) is 7.98. The Bertz CT molecular complexity index is 706. The van der Waals surface area contributed by atoms with E-state index < -0.39 is 5.60 Å². The summed E-state index contributed by atoms with van der Waals surface area (Å²) in [5, 5.41) is 3.79. The highest BCUT2D eigenvalue weighted by atomic mass is 35.5. The van der Waals surface area contributed by atoms with Crippen molar-refractivity contribution in [3.8, 4) is 0 Å². The Morgan fingerprint density at radius 2 is 2.04 bits per heavy atom. The average molecular weight is 430 g/mol. The SMILES string of the molecule is CN(CC1CCCN(CC(=O)Nc2cc(Cl)ccc2Cl)C1)C(=O)OC(C)(C)C. The fraction of sp³-hybridized carbons (Fsp3) is 0.600. The lowest BCUT2D eigenvalue weighted by molar-refractivity contribution is -0.117. The van der Waals surface area contributed by atoms with Gasteiger partial charge in [0.15, 0.2) is 0 Å². The summed E-state index contributed by atoms with van der Waals surface area (Å²) in [6, 6.07) is 4.97. The summed E-state index contributed by atoms with van der Waals surface area (Å²) in [4.78, 5) is 28.3. The van der Waals surface area contributed by atoms with Crippen LogP contribution in [-0.4, -0.2) is 60.6 Å². The van der Waals surface area contributed by atoms with E-state index in [1.54, 1.807) is 30.1 Å². The molecule has 1 unspecified atom stereocenters. The lowest BCUT2D eigenvalue weighted by atomic mass is 9.97. The minimum Gasteiger partial charge on any atom is -0.444 e. The van der Waals surface area contributed by atoms with Gasteiger partial charge in [-0.15, -0.1) is 0 Å². The van der Waals surface area contributed by atoms with Gasteiger partial charge in [-0.25, -0.2) is 4.79 Å². The fourth-order valence-corrected chi connectivity index (χ4v) is 3.57. The molecule has 1 N–H and O–H groups in total. The fourth-order valence-electron chi connectivity index (χ4n) is 3.23. The second-order valence-corrected chi connectivity index (χ2v) is 9.12. The van der Waals surface area contributed by atoms with Crippen molar-refractivity contribution >= 4 is 40.9 Å². The molecule has 0 radical (unpaired) electrons. The standard InChI is InChI=1S/C20H29Cl2N3O3/c1-20(2,3)28-19(27)24(4)11-14-6-5-9-25(12-14)13-18(26)23-17-10-15(21)7-8-16(17)22/h7-8,10,14H,5-6,9,11-13H2,1-4H3,(H,23,26). The molecule has 2 amide bonds. The molecule has 0 saturated carbocycles. The molecular formula is C20H29Cl2N3O3. The molecule has 0 spiro atoms. The summed E-state index contributed by atoms with van der Waals surface area (Å²) in [6.45, 7) is 8.04. The van der Waals surface area contributed by atoms with Gasteiger partial charge < -0.3 is 15.0 Å². The van der Waals surface area contributed by atoms with Crippen LogP contribution < -0.4 is 5.32 Å². The average Bonchev–Trinajstić information content (AvgIpc) is 2.57. The second kappa shape index (κ2) is 9.81. The van der Waals surface area contributed by atoms with Crippen LogP contribution >= 0.6 is 23.2 Å². The van der Waals surface area contributed by atoms with E-state index in [1.165, 1.54) is 0 Å². The number of amides is 2. The van der Waals surface area contributed by atoms with Gasteiger partial charge in [-0.1, -0.05) is 23.2 Å². The molecule has 1 aromatic carbocycles. The van der Waals surface area contributed by atoms with E-state index in [-0.39, 0.29) is 18.5 Å². The molecule has 156 valence electrons. The number of carbonyl (C=O) groups is 2. The molecule has 1 heterocycles. The first-order chi connectivity index (χ1) is 13.0. The molecule has 1 atom stereocenters. The van der Waals surface area contributed by atoms with Gasteiger partial charge >= 0.3 is 6.09 Å². The number of piperidine rings is 1. The molecule has 28 heavy (non-hydrogen) atoms. The molecule has 1 fully saturated rings. The Morgan fingerprint density at radius 3 is 2.71 bits per heavy atom. The van der Waals surface area contributed by atoms with Crippen LogP contribution in [0.3, 0.4) is 0 Å². The Balaban J connectivity index is 1.84. The predicted octanol–water partition coefficient (Wildman–Crippen LogP) is 4.51. The monoisotopic (exact) mass is 429 g/mol. The number of anilines is 1. The highest BCUT2D eigenvalue weighted by Gasteiger charge is 2.26. The Hall–Kier alpha value is -1.50. The van der Waals surface area contributed by atoms with Crippen molar-refractivity contribution in [2.24, 2.45) is 5.92 Å². The molecule has 0 bridgehead atoms. The highest BCUT2D eigenvalue weighted by Crippen LogP contribution is 2.25. The van der Waals surface area contributed by atoms with Crippen molar-refractivity contribution < 1.29 is 14.3 Å². The van der Waals surface area contributed by atoms with Crippen LogP contribution in [0.4, 0.5) is 10.5 Å². The zero-order valence-corrected chi connectivity index (χ0v) is 18.4. The molecular weight excluding hydrogens is 401 g/mol. The summed E-state index contributed by atoms with van der Waals surface area (Å²) >= 11 is 12.1. The molecule has 6 nitrogen and oxygen atoms in total. The number of halogens is 2. The number of nitrogens with zero attached hydrogens (tertiary/aromatic N) is 2. The van der Waals surface area contributed by atoms with E-state index in [0.29, 0.717) is 28.2 Å². The van der Waals surface area contributed by atoms with Crippen molar-refractivity contribution in [1.82, 2.24) is 9.80 Å². The normalized spacial score (nSPS) is 17.9. The Labute approximate surface area is 177 Å². The first-order valence-corrected chi connectivity index (χ1v) is 10.2. The molecule has 1 aromatic rings. The van der Waals surface area contributed by atoms with E-state index >= 15 is 0 Å². The van der Waals surface area contributed by atoms with Gasteiger partial charge in [-0.05, 0) is 64.3 Å². The molecule has 1 saturated heterocycles. The minimum absolute atomic E-state index is 0.134. The number of benzene rings is 1. The maximum absolute atomic E-state index is 12.4. The van der Waals surface area contributed by atoms with E-state index in [0.717, 1.165) is 25.9 Å². The summed E-state index contributed by atoms with van der Waals surface area (Å²) in [5.74, 6) is 0.166. The summed E-state index contributed by atoms with van der Waals surface area (Å²) in [7, 11) is 1.75. The van der Waals surface area contributed by atoms with Gasteiger partial charge in [0.25, 0.3) is 0 Å². The molecule has 1 aliphatic rings. The smallest absolute Gasteiger partial charge is 0.410 e. The maximum Gasteiger partial charge on any atom is 0.410 e. The predicted molar refractivity (Wildman–Crippen MR) is 113 cm³/mol. The van der Waals surface area contributed by atoms with E-state index in [1.807, 2.05) is 20.8 Å². The first kappa shape index (κ1) is 22.8. The van der Waals surface area contributed by atoms with Gasteiger partial charge in [0.05, 0.1) is 17.3 Å². The molecule has 0 aliphatic carbocycles. The molecule has 2 rings (SSSR count). The van der Waals surface area contributed by atoms with Gasteiger partial charge in [0, 0.05) is 25.2 Å². The largest absolute Gasteiger partial charge is 0.444 e. The number of hydrogen-bond donors (Lipinski definition) is 1. The Morgan fingerprint density at radius 1 is 1.32 bits per heavy atom. The number of ether oxygens (including phenoxy) is 1. The number of nitrogens with one attached hydrogen (secondary N) is 1. The quantitative estimate of drug-likeness (QED) is 0.747. The number of hydrogen-bond acceptors (Lipinski definition) is 4. The first-order valence-electron chi connectivity index (χ1n) is 9.45. The van der Waals surface area contributed by atoms with Crippen molar-refractivity contribution in [3.63, 3.8) is 0 Å². The molecule has 1 aliphatic heterocycles. The molecule has 0 aromatic heterocycles. The van der Waals surface area contributed by atoms with Crippen LogP contribution in [0, 0.1) is 5.92 Å². The van der Waals surface area contributed by atoms with Gasteiger partial charge in [0.2, 0.25) is 5.91 Å². The summed E-state index contributed by atoms with van der Waals surface area (Å²) in [5.41, 5.74) is 0.00119. The van der Waals surface area contributed by atoms with Crippen molar-refractivity contribution in [3.05, 3.63) is 28.2 Å². The van der Waals surface area contributed by atoms with Crippen LogP contribution in [0.25, 0.3) is 0 Å². The number of likely N-dealkylation sites (tertiary alicyclic amines) is 1. The van der Waals surface area contributed by atoms with Crippen LogP contribution in [0.2, 0.25) is 10.0 Å². The highest BCUT2D eigenvalue weighted by molar-refractivity contribution is 6.35. The third-order valence-corrected chi connectivity index (χ3v) is 4.97. The minimum atomic E-state index is -0.510.